The van der Waals surface area contributed by atoms with Gasteiger partial charge in [0, 0.05) is 29.4 Å². The normalized spacial score (nSPS) is 10.8. The zero-order valence-corrected chi connectivity index (χ0v) is 14.5. The summed E-state index contributed by atoms with van der Waals surface area (Å²) in [5.74, 6) is 0.211. The van der Waals surface area contributed by atoms with Crippen molar-refractivity contribution in [3.63, 3.8) is 0 Å². The number of aromatic nitrogens is 1. The van der Waals surface area contributed by atoms with Crippen LogP contribution < -0.4 is 5.32 Å². The van der Waals surface area contributed by atoms with Crippen molar-refractivity contribution in [1.29, 1.82) is 0 Å². The lowest BCUT2D eigenvalue weighted by Crippen LogP contribution is -2.42. The van der Waals surface area contributed by atoms with Gasteiger partial charge >= 0.3 is 0 Å². The Morgan fingerprint density at radius 2 is 1.50 bits per heavy atom. The van der Waals surface area contributed by atoms with Gasteiger partial charge in [-0.15, -0.1) is 0 Å². The highest BCUT2D eigenvalue weighted by molar-refractivity contribution is 6.04. The molecule has 24 heavy (non-hydrogen) atoms. The second-order valence-electron chi connectivity index (χ2n) is 6.15. The van der Waals surface area contributed by atoms with Gasteiger partial charge in [-0.25, -0.2) is 4.98 Å². The Morgan fingerprint density at radius 3 is 2.00 bits per heavy atom. The van der Waals surface area contributed by atoms with E-state index in [1.165, 1.54) is 0 Å². The van der Waals surface area contributed by atoms with Crippen molar-refractivity contribution < 1.29 is 9.59 Å². The summed E-state index contributed by atoms with van der Waals surface area (Å²) in [6.07, 6.45) is 1.61. The van der Waals surface area contributed by atoms with E-state index >= 15 is 0 Å². The number of amides is 2. The van der Waals surface area contributed by atoms with Crippen LogP contribution in [0.4, 0.5) is 5.82 Å². The lowest BCUT2D eigenvalue weighted by Gasteiger charge is -2.30. The molecule has 1 heterocycles. The fraction of sp³-hybridized carbons (Fsp3) is 0.316. The number of benzene rings is 1. The minimum Gasteiger partial charge on any atom is -0.334 e. The Bertz CT molecular complexity index is 686. The molecular formula is C19H23N3O2. The first kappa shape index (κ1) is 17.7. The van der Waals surface area contributed by atoms with E-state index in [1.807, 2.05) is 32.6 Å². The van der Waals surface area contributed by atoms with Crippen LogP contribution in [0.25, 0.3) is 0 Å². The first-order valence-electron chi connectivity index (χ1n) is 8.05. The summed E-state index contributed by atoms with van der Waals surface area (Å²) in [5.41, 5.74) is 1.06. The van der Waals surface area contributed by atoms with Crippen LogP contribution >= 0.6 is 0 Å². The van der Waals surface area contributed by atoms with E-state index in [4.69, 9.17) is 0 Å². The molecule has 0 atom stereocenters. The van der Waals surface area contributed by atoms with Crippen LogP contribution in [-0.2, 0) is 0 Å². The number of nitrogens with one attached hydrogen (secondary N) is 1. The minimum absolute atomic E-state index is 0.0308. The highest BCUT2D eigenvalue weighted by Gasteiger charge is 2.21. The Hall–Kier alpha value is -2.69. The van der Waals surface area contributed by atoms with Crippen molar-refractivity contribution in [2.24, 2.45) is 0 Å². The van der Waals surface area contributed by atoms with Crippen molar-refractivity contribution in [2.45, 2.75) is 39.8 Å². The summed E-state index contributed by atoms with van der Waals surface area (Å²) < 4.78 is 0. The van der Waals surface area contributed by atoms with E-state index in [2.05, 4.69) is 10.3 Å². The van der Waals surface area contributed by atoms with Crippen molar-refractivity contribution in [3.8, 4) is 0 Å². The summed E-state index contributed by atoms with van der Waals surface area (Å²) in [4.78, 5) is 30.7. The van der Waals surface area contributed by atoms with Gasteiger partial charge < -0.3 is 10.2 Å². The zero-order valence-electron chi connectivity index (χ0n) is 14.5. The van der Waals surface area contributed by atoms with Gasteiger partial charge in [-0.3, -0.25) is 9.59 Å². The van der Waals surface area contributed by atoms with Gasteiger partial charge in [-0.05, 0) is 64.1 Å². The summed E-state index contributed by atoms with van der Waals surface area (Å²) in [6, 6.07) is 12.2. The van der Waals surface area contributed by atoms with Gasteiger partial charge in [0.25, 0.3) is 11.8 Å². The van der Waals surface area contributed by atoms with Gasteiger partial charge in [-0.1, -0.05) is 6.07 Å². The van der Waals surface area contributed by atoms with Gasteiger partial charge in [0.15, 0.2) is 0 Å². The molecule has 2 rings (SSSR count). The van der Waals surface area contributed by atoms with Crippen LogP contribution in [0.15, 0.2) is 48.7 Å². The number of hydrogen-bond donors (Lipinski definition) is 1. The first-order chi connectivity index (χ1) is 11.4. The van der Waals surface area contributed by atoms with Gasteiger partial charge in [0.1, 0.15) is 5.82 Å². The third-order valence-corrected chi connectivity index (χ3v) is 3.65. The molecule has 0 saturated heterocycles. The summed E-state index contributed by atoms with van der Waals surface area (Å²) in [7, 11) is 0. The number of hydrogen-bond acceptors (Lipinski definition) is 3. The number of anilines is 1. The molecule has 0 spiro atoms. The van der Waals surface area contributed by atoms with Crippen molar-refractivity contribution in [2.75, 3.05) is 5.32 Å². The minimum atomic E-state index is -0.253. The third-order valence-electron chi connectivity index (χ3n) is 3.65. The molecule has 5 nitrogen and oxygen atoms in total. The van der Waals surface area contributed by atoms with Crippen LogP contribution in [0.5, 0.6) is 0 Å². The fourth-order valence-corrected chi connectivity index (χ4v) is 2.60. The maximum atomic E-state index is 12.6. The summed E-state index contributed by atoms with van der Waals surface area (Å²) in [5, 5.41) is 2.72. The first-order valence-corrected chi connectivity index (χ1v) is 8.05. The molecule has 2 amide bonds. The van der Waals surface area contributed by atoms with Gasteiger partial charge in [0.2, 0.25) is 0 Å². The molecule has 1 aromatic heterocycles. The van der Waals surface area contributed by atoms with E-state index in [0.717, 1.165) is 0 Å². The molecule has 126 valence electrons. The second kappa shape index (κ2) is 7.73. The topological polar surface area (TPSA) is 62.3 Å². The van der Waals surface area contributed by atoms with Crippen LogP contribution in [0, 0.1) is 0 Å². The molecule has 0 saturated carbocycles. The van der Waals surface area contributed by atoms with Crippen molar-refractivity contribution in [1.82, 2.24) is 9.88 Å². The lowest BCUT2D eigenvalue weighted by molar-refractivity contribution is 0.0643. The molecular weight excluding hydrogens is 302 g/mol. The summed E-state index contributed by atoms with van der Waals surface area (Å²) in [6.45, 7) is 7.97. The molecule has 0 fully saturated rings. The fourth-order valence-electron chi connectivity index (χ4n) is 2.60. The second-order valence-corrected chi connectivity index (χ2v) is 6.15. The Labute approximate surface area is 142 Å². The molecule has 0 aliphatic carbocycles. The number of nitrogens with zero attached hydrogens (tertiary/aromatic N) is 2. The molecule has 0 aliphatic heterocycles. The Morgan fingerprint density at radius 1 is 0.917 bits per heavy atom. The predicted octanol–water partition coefficient (Wildman–Crippen LogP) is 3.59. The maximum absolute atomic E-state index is 12.6. The molecule has 0 unspecified atom stereocenters. The molecule has 0 radical (unpaired) electrons. The van der Waals surface area contributed by atoms with Crippen LogP contribution in [-0.4, -0.2) is 33.8 Å². The standard InChI is InChI=1S/C19H23N3O2/c1-13(2)22(14(3)4)19(24)16-10-8-15(9-11-16)18(23)21-17-7-5-6-12-20-17/h5-14H,1-4H3,(H,20,21,23). The van der Waals surface area contributed by atoms with Gasteiger partial charge in [-0.2, -0.15) is 0 Å². The highest BCUT2D eigenvalue weighted by atomic mass is 16.2. The maximum Gasteiger partial charge on any atom is 0.256 e. The highest BCUT2D eigenvalue weighted by Crippen LogP contribution is 2.14. The largest absolute Gasteiger partial charge is 0.334 e. The smallest absolute Gasteiger partial charge is 0.256 e. The predicted molar refractivity (Wildman–Crippen MR) is 95.1 cm³/mol. The Kier molecular flexibility index (Phi) is 5.68. The SMILES string of the molecule is CC(C)N(C(=O)c1ccc(C(=O)Nc2ccccn2)cc1)C(C)C. The summed E-state index contributed by atoms with van der Waals surface area (Å²) >= 11 is 0. The van der Waals surface area contributed by atoms with Crippen molar-refractivity contribution >= 4 is 17.6 Å². The number of rotatable bonds is 5. The molecule has 2 aromatic rings. The van der Waals surface area contributed by atoms with Crippen LogP contribution in [0.1, 0.15) is 48.4 Å². The van der Waals surface area contributed by atoms with E-state index in [1.54, 1.807) is 48.7 Å². The molecule has 0 bridgehead atoms. The average molecular weight is 325 g/mol. The van der Waals surface area contributed by atoms with Crippen LogP contribution in [0.2, 0.25) is 0 Å². The molecule has 1 N–H and O–H groups in total. The molecule has 5 heteroatoms. The number of pyridine rings is 1. The number of carbonyl (C=O) groups is 2. The monoisotopic (exact) mass is 325 g/mol. The Balaban J connectivity index is 2.12. The molecule has 1 aromatic carbocycles. The lowest BCUT2D eigenvalue weighted by atomic mass is 10.1. The van der Waals surface area contributed by atoms with Crippen molar-refractivity contribution in [3.05, 3.63) is 59.8 Å². The quantitative estimate of drug-likeness (QED) is 0.913. The number of carbonyl (C=O) groups excluding carboxylic acids is 2. The van der Waals surface area contributed by atoms with E-state index in [9.17, 15) is 9.59 Å². The van der Waals surface area contributed by atoms with Gasteiger partial charge in [0.05, 0.1) is 0 Å². The zero-order chi connectivity index (χ0) is 17.7. The third kappa shape index (κ3) is 4.19. The average Bonchev–Trinajstić information content (AvgIpc) is 2.55. The van der Waals surface area contributed by atoms with E-state index in [0.29, 0.717) is 16.9 Å². The molecule has 0 aliphatic rings. The van der Waals surface area contributed by atoms with E-state index < -0.39 is 0 Å². The van der Waals surface area contributed by atoms with E-state index in [-0.39, 0.29) is 23.9 Å². The van der Waals surface area contributed by atoms with Crippen LogP contribution in [0.3, 0.4) is 0 Å².